The fourth-order valence-corrected chi connectivity index (χ4v) is 15.4. The predicted molar refractivity (Wildman–Crippen MR) is 176 cm³/mol. The van der Waals surface area contributed by atoms with Crippen molar-refractivity contribution in [3.8, 4) is 0 Å². The molecule has 2 aliphatic heterocycles. The minimum Gasteiger partial charge on any atom is -0.741 e. The van der Waals surface area contributed by atoms with Gasteiger partial charge < -0.3 is 12.0 Å². The van der Waals surface area contributed by atoms with E-state index in [0.29, 0.717) is 0 Å². The van der Waals surface area contributed by atoms with Crippen LogP contribution in [-0.2, 0) is 29.6 Å². The van der Waals surface area contributed by atoms with Crippen LogP contribution in [0.3, 0.4) is 0 Å². The van der Waals surface area contributed by atoms with Gasteiger partial charge in [0, 0.05) is 15.8 Å². The van der Waals surface area contributed by atoms with Crippen molar-refractivity contribution >= 4 is 36.6 Å². The molecule has 1 aromatic rings. The van der Waals surface area contributed by atoms with E-state index in [1.165, 1.54) is 64.2 Å². The van der Waals surface area contributed by atoms with Crippen molar-refractivity contribution in [2.24, 2.45) is 0 Å². The summed E-state index contributed by atoms with van der Waals surface area (Å²) >= 11 is 0. The molecule has 10 heteroatoms. The number of alkyl halides is 3. The van der Waals surface area contributed by atoms with Crippen LogP contribution in [0.1, 0.15) is 98.3 Å². The van der Waals surface area contributed by atoms with Crippen LogP contribution in [0.15, 0.2) is 48.6 Å². The Labute approximate surface area is 270 Å². The van der Waals surface area contributed by atoms with E-state index < -0.39 is 15.6 Å². The van der Waals surface area contributed by atoms with Crippen LogP contribution in [0.4, 0.5) is 13.2 Å². The number of hydrogen-bond donors (Lipinski definition) is 0. The van der Waals surface area contributed by atoms with Crippen LogP contribution < -0.4 is 10.6 Å². The monoisotopic (exact) mass is 738 g/mol. The summed E-state index contributed by atoms with van der Waals surface area (Å²) in [6.45, 7) is 9.79. The summed E-state index contributed by atoms with van der Waals surface area (Å²) in [4.78, 5) is 0. The summed E-state index contributed by atoms with van der Waals surface area (Å²) in [5.74, 6) is 0. The first kappa shape index (κ1) is 41.8. The van der Waals surface area contributed by atoms with E-state index >= 15 is 0 Å². The van der Waals surface area contributed by atoms with E-state index in [1.807, 2.05) is 10.6 Å². The molecule has 1 aromatic carbocycles. The van der Waals surface area contributed by atoms with Gasteiger partial charge in [-0.1, -0.05) is 58.7 Å². The largest absolute Gasteiger partial charge is 3.00 e. The summed E-state index contributed by atoms with van der Waals surface area (Å²) in [6, 6.07) is 9.87. The first-order valence-electron chi connectivity index (χ1n) is 15.0. The number of rotatable bonds is 6. The normalized spacial score (nSPS) is 26.0. The Morgan fingerprint density at radius 3 is 1.48 bits per heavy atom. The molecule has 4 rings (SSSR count). The number of allylic oxidation sites excluding steroid dienone is 4. The molecule has 0 saturated carbocycles. The second-order valence-corrected chi connectivity index (χ2v) is 18.4. The molecular weight excluding hydrogens is 686 g/mol. The van der Waals surface area contributed by atoms with Crippen molar-refractivity contribution in [2.75, 3.05) is 0 Å². The van der Waals surface area contributed by atoms with Gasteiger partial charge in [0.05, 0.1) is 22.6 Å². The zero-order valence-electron chi connectivity index (χ0n) is 25.9. The maximum atomic E-state index is 10.7. The second-order valence-electron chi connectivity index (χ2n) is 10.9. The third-order valence-electron chi connectivity index (χ3n) is 8.50. The van der Waals surface area contributed by atoms with Crippen LogP contribution in [0, 0.1) is 13.8 Å². The first-order chi connectivity index (χ1) is 19.0. The predicted octanol–water partition coefficient (Wildman–Crippen LogP) is 9.05. The summed E-state index contributed by atoms with van der Waals surface area (Å²) in [6.07, 6.45) is 26.2. The number of hydrogen-bond acceptors (Lipinski definition) is 3. The minimum atomic E-state index is -6.09. The van der Waals surface area contributed by atoms with Crippen molar-refractivity contribution in [3.05, 3.63) is 62.4 Å². The Morgan fingerprint density at radius 1 is 0.786 bits per heavy atom. The molecule has 0 aromatic heterocycles. The molecule has 4 atom stereocenters. The van der Waals surface area contributed by atoms with Gasteiger partial charge in [0.1, 0.15) is 10.6 Å². The van der Waals surface area contributed by atoms with E-state index in [0.717, 1.165) is 29.1 Å². The molecule has 0 unspecified atom stereocenters. The van der Waals surface area contributed by atoms with Crippen molar-refractivity contribution < 1.29 is 45.6 Å². The smallest absolute Gasteiger partial charge is 0.741 e. The van der Waals surface area contributed by atoms with E-state index in [2.05, 4.69) is 82.7 Å². The van der Waals surface area contributed by atoms with E-state index in [-0.39, 0.29) is 42.7 Å². The Morgan fingerprint density at radius 2 is 1.14 bits per heavy atom. The maximum absolute atomic E-state index is 10.7. The summed E-state index contributed by atoms with van der Waals surface area (Å²) in [7, 11) is -6.83. The molecule has 42 heavy (non-hydrogen) atoms. The molecule has 2 saturated heterocycles. The van der Waals surface area contributed by atoms with E-state index in [9.17, 15) is 13.2 Å². The van der Waals surface area contributed by atoms with Gasteiger partial charge in [-0.05, 0) is 69.9 Å². The fraction of sp³-hybridized carbons (Fsp3) is 0.625. The van der Waals surface area contributed by atoms with Gasteiger partial charge in [0.2, 0.25) is 0 Å². The van der Waals surface area contributed by atoms with Crippen LogP contribution in [0.5, 0.6) is 0 Å². The van der Waals surface area contributed by atoms with Crippen molar-refractivity contribution in [1.29, 1.82) is 0 Å². The summed E-state index contributed by atoms with van der Waals surface area (Å²) < 4.78 is 58.9. The van der Waals surface area contributed by atoms with Crippen LogP contribution in [-0.4, -0.2) is 41.1 Å². The first-order valence-corrected chi connectivity index (χ1v) is 19.7. The molecule has 0 amide bonds. The third-order valence-corrected chi connectivity index (χ3v) is 17.7. The van der Waals surface area contributed by atoms with Crippen LogP contribution in [0.25, 0.3) is 0 Å². The molecule has 3 nitrogen and oxygen atoms in total. The zero-order chi connectivity index (χ0) is 29.8. The Bertz CT molecular complexity index is 953. The maximum Gasteiger partial charge on any atom is 3.00 e. The van der Waals surface area contributed by atoms with Crippen molar-refractivity contribution in [1.82, 2.24) is 0 Å². The third kappa shape index (κ3) is 12.3. The fourth-order valence-electron chi connectivity index (χ4n) is 6.41. The molecule has 0 bridgehead atoms. The van der Waals surface area contributed by atoms with Gasteiger partial charge in [0.15, 0.2) is 10.1 Å². The average molecular weight is 739 g/mol. The molecule has 1 aliphatic carbocycles. The quantitative estimate of drug-likeness (QED) is 0.0732. The summed E-state index contributed by atoms with van der Waals surface area (Å²) in [5.41, 5.74) is -1.52. The SMILES string of the molecule is C1=C\CC/C=C\C[CH-]/1.CC[C@@H]1CC[C@@H](CC)[PH+]1c1ccccc1[PH+]1[C@H](CC)CC[C@H]1CC.O=S(=O)([O-])C(F)(F)F.[CH3-].[Rh+3]. The minimum absolute atomic E-state index is 0. The van der Waals surface area contributed by atoms with Crippen LogP contribution >= 0.6 is 15.8 Å². The van der Waals surface area contributed by atoms with Gasteiger partial charge in [-0.3, -0.25) is 0 Å². The van der Waals surface area contributed by atoms with Gasteiger partial charge in [0.25, 0.3) is 0 Å². The Balaban J connectivity index is 0.000000773. The van der Waals surface area contributed by atoms with Crippen molar-refractivity contribution in [2.45, 2.75) is 126 Å². The van der Waals surface area contributed by atoms with Gasteiger partial charge in [-0.25, -0.2) is 27.0 Å². The van der Waals surface area contributed by atoms with Crippen molar-refractivity contribution in [3.63, 3.8) is 0 Å². The molecule has 3 aliphatic rings. The molecule has 0 radical (unpaired) electrons. The molecule has 2 heterocycles. The average Bonchev–Trinajstić information content (AvgIpc) is 3.51. The second kappa shape index (κ2) is 20.7. The molecule has 0 N–H and O–H groups in total. The standard InChI is InChI=1S/C22H36P2.C8H11.CHF3O3S.CH3.Rh/c1-5-17-13-14-18(6-2)23(17)21-11-9-10-12-22(21)24-19(7-3)15-16-20(24)8-4;1-2-4-6-8-7-5-3-1;2-1(3,4)8(5,6)7;;/h9-12,17-20H,5-8,13-16H2,1-4H3;1-3,6,8H,4-5,7H2;(H,5,6,7);1H3;/q;-1;;-1;+3/p+1/b;3-1-,8-6-;;;/t17-,18-,19-,20-;;;;/m1..../s1. The molecule has 242 valence electrons. The zero-order valence-corrected chi connectivity index (χ0v) is 30.3. The molecular formula is C32H52F3O3P2RhS+2. The van der Waals surface area contributed by atoms with Crippen LogP contribution in [0.2, 0.25) is 0 Å². The van der Waals surface area contributed by atoms with Gasteiger partial charge >= 0.3 is 25.0 Å². The number of halogens is 3. The topological polar surface area (TPSA) is 57.2 Å². The number of benzene rings is 1. The summed E-state index contributed by atoms with van der Waals surface area (Å²) in [5, 5.41) is 3.79. The van der Waals surface area contributed by atoms with Gasteiger partial charge in [-0.2, -0.15) is 13.2 Å². The van der Waals surface area contributed by atoms with E-state index in [4.69, 9.17) is 13.0 Å². The molecule has 0 spiro atoms. The Kier molecular flexibility index (Phi) is 20.6. The Hall–Kier alpha value is -0.247. The van der Waals surface area contributed by atoms with E-state index in [1.54, 1.807) is 0 Å². The molecule has 2 fully saturated rings. The van der Waals surface area contributed by atoms with Gasteiger partial charge in [-0.15, -0.1) is 6.08 Å².